The van der Waals surface area contributed by atoms with Crippen LogP contribution in [0.2, 0.25) is 0 Å². The van der Waals surface area contributed by atoms with Crippen molar-refractivity contribution in [3.63, 3.8) is 0 Å². The molecule has 0 aliphatic rings. The maximum atomic E-state index is 12.2. The van der Waals surface area contributed by atoms with Gasteiger partial charge < -0.3 is 0 Å². The van der Waals surface area contributed by atoms with Gasteiger partial charge in [-0.25, -0.2) is 13.4 Å². The lowest BCUT2D eigenvalue weighted by molar-refractivity contribution is 0.601. The molecule has 106 valence electrons. The van der Waals surface area contributed by atoms with Crippen molar-refractivity contribution < 1.29 is 8.42 Å². The van der Waals surface area contributed by atoms with Gasteiger partial charge in [0.25, 0.3) is 10.0 Å². The van der Waals surface area contributed by atoms with Crippen LogP contribution >= 0.6 is 22.6 Å². The van der Waals surface area contributed by atoms with E-state index >= 15 is 0 Å². The molecule has 2 aromatic rings. The Morgan fingerprint density at radius 2 is 1.85 bits per heavy atom. The highest BCUT2D eigenvalue weighted by atomic mass is 127. The van der Waals surface area contributed by atoms with Gasteiger partial charge in [-0.1, -0.05) is 25.5 Å². The Morgan fingerprint density at radius 3 is 2.40 bits per heavy atom. The minimum atomic E-state index is -3.57. The lowest BCUT2D eigenvalue weighted by Crippen LogP contribution is -2.13. The van der Waals surface area contributed by atoms with Crippen molar-refractivity contribution >= 4 is 38.4 Å². The number of halogens is 1. The molecule has 4 nitrogen and oxygen atoms in total. The summed E-state index contributed by atoms with van der Waals surface area (Å²) in [5.41, 5.74) is 1.14. The van der Waals surface area contributed by atoms with Crippen LogP contribution in [0.3, 0.4) is 0 Å². The minimum absolute atomic E-state index is 0.248. The van der Waals surface area contributed by atoms with Crippen LogP contribution in [0.4, 0.5) is 5.82 Å². The summed E-state index contributed by atoms with van der Waals surface area (Å²) in [5, 5.41) is 0. The van der Waals surface area contributed by atoms with Crippen molar-refractivity contribution in [2.45, 2.75) is 24.7 Å². The number of sulfonamides is 1. The average Bonchev–Trinajstić information content (AvgIpc) is 2.42. The predicted octanol–water partition coefficient (Wildman–Crippen LogP) is 3.44. The molecule has 1 N–H and O–H groups in total. The first-order valence-corrected chi connectivity index (χ1v) is 8.81. The zero-order valence-corrected chi connectivity index (χ0v) is 14.0. The summed E-state index contributed by atoms with van der Waals surface area (Å²) >= 11 is 2.12. The fourth-order valence-corrected chi connectivity index (χ4v) is 3.08. The monoisotopic (exact) mass is 402 g/mol. The van der Waals surface area contributed by atoms with Crippen LogP contribution in [0.25, 0.3) is 0 Å². The highest BCUT2D eigenvalue weighted by molar-refractivity contribution is 14.1. The molecular weight excluding hydrogens is 387 g/mol. The van der Waals surface area contributed by atoms with Crippen LogP contribution in [0.15, 0.2) is 47.5 Å². The molecule has 0 aliphatic heterocycles. The second-order valence-corrected chi connectivity index (χ2v) is 7.29. The van der Waals surface area contributed by atoms with Gasteiger partial charge in [0.2, 0.25) is 0 Å². The normalized spacial score (nSPS) is 11.3. The Hall–Kier alpha value is -1.15. The van der Waals surface area contributed by atoms with E-state index in [1.54, 1.807) is 30.5 Å². The van der Waals surface area contributed by atoms with E-state index in [1.165, 1.54) is 0 Å². The highest BCUT2D eigenvalue weighted by Crippen LogP contribution is 2.16. The van der Waals surface area contributed by atoms with E-state index in [0.717, 1.165) is 22.0 Å². The van der Waals surface area contributed by atoms with E-state index in [0.29, 0.717) is 5.82 Å². The third-order valence-electron chi connectivity index (χ3n) is 2.74. The molecule has 0 bridgehead atoms. The van der Waals surface area contributed by atoms with E-state index < -0.39 is 10.0 Å². The molecule has 1 heterocycles. The fourth-order valence-electron chi connectivity index (χ4n) is 1.76. The molecule has 0 aliphatic carbocycles. The Morgan fingerprint density at radius 1 is 1.15 bits per heavy atom. The smallest absolute Gasteiger partial charge is 0.263 e. The number of aryl methyl sites for hydroxylation is 1. The molecule has 0 saturated heterocycles. The van der Waals surface area contributed by atoms with Crippen molar-refractivity contribution in [1.82, 2.24) is 4.98 Å². The molecule has 0 spiro atoms. The van der Waals surface area contributed by atoms with Gasteiger partial charge in [0, 0.05) is 9.77 Å². The molecule has 0 saturated carbocycles. The van der Waals surface area contributed by atoms with Crippen LogP contribution < -0.4 is 4.72 Å². The first-order valence-electron chi connectivity index (χ1n) is 6.24. The summed E-state index contributed by atoms with van der Waals surface area (Å²) in [6, 6.07) is 10.4. The van der Waals surface area contributed by atoms with Crippen molar-refractivity contribution in [3.05, 3.63) is 51.7 Å². The van der Waals surface area contributed by atoms with Crippen molar-refractivity contribution in [1.29, 1.82) is 0 Å². The van der Waals surface area contributed by atoms with Gasteiger partial charge in [-0.05, 0) is 58.8 Å². The van der Waals surface area contributed by atoms with E-state index in [1.807, 2.05) is 12.1 Å². The molecular formula is C14H15IN2O2S. The molecule has 0 radical (unpaired) electrons. The third-order valence-corrected chi connectivity index (χ3v) is 4.75. The maximum absolute atomic E-state index is 12.2. The van der Waals surface area contributed by atoms with E-state index in [-0.39, 0.29) is 4.90 Å². The standard InChI is InChI=1S/C14H15IN2O2S/c1-2-3-11-4-7-13(8-5-11)20(18,19)17-14-9-6-12(15)10-16-14/h4-10H,2-3H2,1H3,(H,16,17). The van der Waals surface area contributed by atoms with Gasteiger partial charge >= 0.3 is 0 Å². The molecule has 0 fully saturated rings. The summed E-state index contributed by atoms with van der Waals surface area (Å²) in [6.45, 7) is 2.09. The Bertz CT molecular complexity index is 667. The minimum Gasteiger partial charge on any atom is -0.263 e. The second-order valence-electron chi connectivity index (χ2n) is 4.36. The number of nitrogens with one attached hydrogen (secondary N) is 1. The quantitative estimate of drug-likeness (QED) is 0.780. The number of aromatic nitrogens is 1. The summed E-state index contributed by atoms with van der Waals surface area (Å²) in [5.74, 6) is 0.322. The van der Waals surface area contributed by atoms with E-state index in [9.17, 15) is 8.42 Å². The number of hydrogen-bond acceptors (Lipinski definition) is 3. The SMILES string of the molecule is CCCc1ccc(S(=O)(=O)Nc2ccc(I)cn2)cc1. The molecule has 20 heavy (non-hydrogen) atoms. The van der Waals surface area contributed by atoms with Crippen molar-refractivity contribution in [2.24, 2.45) is 0 Å². The van der Waals surface area contributed by atoms with Crippen molar-refractivity contribution in [2.75, 3.05) is 4.72 Å². The number of hydrogen-bond donors (Lipinski definition) is 1. The predicted molar refractivity (Wildman–Crippen MR) is 88.2 cm³/mol. The Labute approximate surface area is 132 Å². The first kappa shape index (κ1) is 15.2. The maximum Gasteiger partial charge on any atom is 0.263 e. The summed E-state index contributed by atoms with van der Waals surface area (Å²) in [7, 11) is -3.57. The van der Waals surface area contributed by atoms with Crippen molar-refractivity contribution in [3.8, 4) is 0 Å². The van der Waals surface area contributed by atoms with Crippen LogP contribution in [0.5, 0.6) is 0 Å². The number of nitrogens with zero attached hydrogens (tertiary/aromatic N) is 1. The van der Waals surface area contributed by atoms with Gasteiger partial charge in [-0.2, -0.15) is 0 Å². The molecule has 0 amide bonds. The Balaban J connectivity index is 2.19. The number of anilines is 1. The van der Waals surface area contributed by atoms with E-state index in [2.05, 4.69) is 39.2 Å². The molecule has 2 rings (SSSR count). The summed E-state index contributed by atoms with van der Waals surface area (Å²) < 4.78 is 27.8. The molecule has 1 aromatic carbocycles. The number of rotatable bonds is 5. The third kappa shape index (κ3) is 3.92. The Kier molecular flexibility index (Phi) is 4.98. The summed E-state index contributed by atoms with van der Waals surface area (Å²) in [4.78, 5) is 4.29. The zero-order chi connectivity index (χ0) is 14.6. The first-order chi connectivity index (χ1) is 9.51. The van der Waals surface area contributed by atoms with Gasteiger partial charge in [-0.15, -0.1) is 0 Å². The lowest BCUT2D eigenvalue weighted by atomic mass is 10.1. The molecule has 0 atom stereocenters. The van der Waals surface area contributed by atoms with Crippen LogP contribution in [-0.2, 0) is 16.4 Å². The lowest BCUT2D eigenvalue weighted by Gasteiger charge is -2.08. The van der Waals surface area contributed by atoms with Crippen LogP contribution in [0.1, 0.15) is 18.9 Å². The number of pyridine rings is 1. The van der Waals surface area contributed by atoms with Gasteiger partial charge in [0.1, 0.15) is 5.82 Å². The zero-order valence-electron chi connectivity index (χ0n) is 11.0. The molecule has 6 heteroatoms. The van der Waals surface area contributed by atoms with Gasteiger partial charge in [-0.3, -0.25) is 4.72 Å². The van der Waals surface area contributed by atoms with Crippen LogP contribution in [0, 0.1) is 3.57 Å². The average molecular weight is 402 g/mol. The topological polar surface area (TPSA) is 59.1 Å². The largest absolute Gasteiger partial charge is 0.263 e. The van der Waals surface area contributed by atoms with Crippen LogP contribution in [-0.4, -0.2) is 13.4 Å². The fraction of sp³-hybridized carbons (Fsp3) is 0.214. The van der Waals surface area contributed by atoms with E-state index in [4.69, 9.17) is 0 Å². The van der Waals surface area contributed by atoms with Gasteiger partial charge in [0.15, 0.2) is 0 Å². The second kappa shape index (κ2) is 6.53. The molecule has 1 aromatic heterocycles. The number of benzene rings is 1. The summed E-state index contributed by atoms with van der Waals surface area (Å²) in [6.07, 6.45) is 3.60. The highest BCUT2D eigenvalue weighted by Gasteiger charge is 2.14. The molecule has 0 unspecified atom stereocenters. The van der Waals surface area contributed by atoms with Gasteiger partial charge in [0.05, 0.1) is 4.90 Å².